The van der Waals surface area contributed by atoms with Crippen LogP contribution < -0.4 is 5.32 Å². The second-order valence-electron chi connectivity index (χ2n) is 5.50. The first-order chi connectivity index (χ1) is 7.96. The molecule has 1 N–H and O–H groups in total. The fraction of sp³-hybridized carbons (Fsp3) is 0.833. The smallest absolute Gasteiger partial charge is 0.173 e. The molecule has 0 bridgehead atoms. The average molecular weight is 258 g/mol. The van der Waals surface area contributed by atoms with E-state index in [0.29, 0.717) is 12.0 Å². The van der Waals surface area contributed by atoms with Crippen LogP contribution in [0.5, 0.6) is 0 Å². The lowest BCUT2D eigenvalue weighted by atomic mass is 10.0. The fourth-order valence-corrected chi connectivity index (χ4v) is 4.00. The second-order valence-corrected chi connectivity index (χ2v) is 7.43. The SMILES string of the molecule is CC(C)CC1CN(C2C=CS(=O)(=O)C2)CCN1. The molecule has 5 heteroatoms. The van der Waals surface area contributed by atoms with Crippen molar-refractivity contribution < 1.29 is 8.42 Å². The van der Waals surface area contributed by atoms with Crippen molar-refractivity contribution in [3.05, 3.63) is 11.5 Å². The van der Waals surface area contributed by atoms with E-state index in [1.54, 1.807) is 0 Å². The number of sulfone groups is 1. The molecule has 2 rings (SSSR count). The Balaban J connectivity index is 1.92. The zero-order chi connectivity index (χ0) is 12.5. The summed E-state index contributed by atoms with van der Waals surface area (Å²) in [5.41, 5.74) is 0. The highest BCUT2D eigenvalue weighted by Crippen LogP contribution is 2.18. The molecule has 0 aromatic carbocycles. The molecule has 17 heavy (non-hydrogen) atoms. The monoisotopic (exact) mass is 258 g/mol. The van der Waals surface area contributed by atoms with Gasteiger partial charge in [0, 0.05) is 37.1 Å². The van der Waals surface area contributed by atoms with Crippen molar-refractivity contribution in [3.8, 4) is 0 Å². The molecule has 2 aliphatic heterocycles. The molecule has 0 radical (unpaired) electrons. The van der Waals surface area contributed by atoms with Crippen molar-refractivity contribution in [2.45, 2.75) is 32.4 Å². The van der Waals surface area contributed by atoms with Gasteiger partial charge in [0.05, 0.1) is 5.75 Å². The molecule has 1 saturated heterocycles. The van der Waals surface area contributed by atoms with Gasteiger partial charge in [-0.2, -0.15) is 0 Å². The number of hydrogen-bond acceptors (Lipinski definition) is 4. The lowest BCUT2D eigenvalue weighted by molar-refractivity contribution is 0.167. The first kappa shape index (κ1) is 13.1. The Morgan fingerprint density at radius 2 is 2.24 bits per heavy atom. The first-order valence-corrected chi connectivity index (χ1v) is 8.06. The van der Waals surface area contributed by atoms with Crippen molar-refractivity contribution in [2.75, 3.05) is 25.4 Å². The van der Waals surface area contributed by atoms with E-state index >= 15 is 0 Å². The lowest BCUT2D eigenvalue weighted by Crippen LogP contribution is -2.54. The maximum Gasteiger partial charge on any atom is 0.173 e. The van der Waals surface area contributed by atoms with Gasteiger partial charge in [0.1, 0.15) is 0 Å². The molecule has 2 aliphatic rings. The van der Waals surface area contributed by atoms with Gasteiger partial charge in [-0.25, -0.2) is 8.42 Å². The Hall–Kier alpha value is -0.390. The highest BCUT2D eigenvalue weighted by molar-refractivity contribution is 7.94. The van der Waals surface area contributed by atoms with Crippen molar-refractivity contribution >= 4 is 9.84 Å². The maximum atomic E-state index is 11.4. The summed E-state index contributed by atoms with van der Waals surface area (Å²) in [5, 5.41) is 4.88. The van der Waals surface area contributed by atoms with E-state index < -0.39 is 9.84 Å². The summed E-state index contributed by atoms with van der Waals surface area (Å²) < 4.78 is 22.8. The minimum atomic E-state index is -2.93. The van der Waals surface area contributed by atoms with Crippen LogP contribution in [0.4, 0.5) is 0 Å². The van der Waals surface area contributed by atoms with E-state index in [9.17, 15) is 8.42 Å². The molecule has 0 aromatic heterocycles. The van der Waals surface area contributed by atoms with Gasteiger partial charge in [0.25, 0.3) is 0 Å². The number of hydrogen-bond donors (Lipinski definition) is 1. The number of rotatable bonds is 3. The third-order valence-corrected chi connectivity index (χ3v) is 4.80. The molecule has 0 amide bonds. The highest BCUT2D eigenvalue weighted by Gasteiger charge is 2.30. The van der Waals surface area contributed by atoms with E-state index in [0.717, 1.165) is 26.1 Å². The Bertz CT molecular complexity index is 389. The van der Waals surface area contributed by atoms with Crippen LogP contribution in [0.1, 0.15) is 20.3 Å². The van der Waals surface area contributed by atoms with Crippen LogP contribution in [-0.2, 0) is 9.84 Å². The van der Waals surface area contributed by atoms with Gasteiger partial charge in [0.15, 0.2) is 9.84 Å². The zero-order valence-corrected chi connectivity index (χ0v) is 11.4. The van der Waals surface area contributed by atoms with E-state index in [1.165, 1.54) is 5.41 Å². The molecular formula is C12H22N2O2S. The maximum absolute atomic E-state index is 11.4. The van der Waals surface area contributed by atoms with Gasteiger partial charge in [-0.1, -0.05) is 19.9 Å². The van der Waals surface area contributed by atoms with E-state index in [-0.39, 0.29) is 11.8 Å². The molecular weight excluding hydrogens is 236 g/mol. The molecule has 2 unspecified atom stereocenters. The van der Waals surface area contributed by atoms with Crippen molar-refractivity contribution in [1.82, 2.24) is 10.2 Å². The van der Waals surface area contributed by atoms with Crippen molar-refractivity contribution in [1.29, 1.82) is 0 Å². The summed E-state index contributed by atoms with van der Waals surface area (Å²) in [6.45, 7) is 7.31. The largest absolute Gasteiger partial charge is 0.311 e. The standard InChI is InChI=1S/C12H22N2O2S/c1-10(2)7-11-8-14(5-4-13-11)12-3-6-17(15,16)9-12/h3,6,10-13H,4-5,7-9H2,1-2H3. The second kappa shape index (κ2) is 5.08. The fourth-order valence-electron chi connectivity index (χ4n) is 2.67. The van der Waals surface area contributed by atoms with Gasteiger partial charge in [-0.05, 0) is 12.3 Å². The normalized spacial score (nSPS) is 33.4. The van der Waals surface area contributed by atoms with Crippen molar-refractivity contribution in [3.63, 3.8) is 0 Å². The van der Waals surface area contributed by atoms with Crippen LogP contribution >= 0.6 is 0 Å². The molecule has 2 atom stereocenters. The first-order valence-electron chi connectivity index (χ1n) is 6.34. The van der Waals surface area contributed by atoms with Crippen molar-refractivity contribution in [2.24, 2.45) is 5.92 Å². The number of piperazine rings is 1. The summed E-state index contributed by atoms with van der Waals surface area (Å²) in [7, 11) is -2.93. The molecule has 0 spiro atoms. The zero-order valence-electron chi connectivity index (χ0n) is 10.6. The number of nitrogens with one attached hydrogen (secondary N) is 1. The van der Waals surface area contributed by atoms with E-state index in [1.807, 2.05) is 6.08 Å². The Kier molecular flexibility index (Phi) is 3.90. The van der Waals surface area contributed by atoms with Crippen LogP contribution in [0.15, 0.2) is 11.5 Å². The summed E-state index contributed by atoms with van der Waals surface area (Å²) in [4.78, 5) is 2.30. The van der Waals surface area contributed by atoms with Crippen LogP contribution in [0.3, 0.4) is 0 Å². The summed E-state index contributed by atoms with van der Waals surface area (Å²) in [6, 6.07) is 0.595. The Morgan fingerprint density at radius 3 is 2.82 bits per heavy atom. The molecule has 1 fully saturated rings. The topological polar surface area (TPSA) is 49.4 Å². The summed E-state index contributed by atoms with van der Waals surface area (Å²) in [6.07, 6.45) is 2.99. The van der Waals surface area contributed by atoms with Gasteiger partial charge in [-0.15, -0.1) is 0 Å². The molecule has 0 aliphatic carbocycles. The summed E-state index contributed by atoms with van der Waals surface area (Å²) in [5.74, 6) is 0.941. The number of nitrogens with zero attached hydrogens (tertiary/aromatic N) is 1. The van der Waals surface area contributed by atoms with Crippen LogP contribution in [0, 0.1) is 5.92 Å². The van der Waals surface area contributed by atoms with Crippen LogP contribution in [-0.4, -0.2) is 50.8 Å². The minimum absolute atomic E-state index is 0.0942. The van der Waals surface area contributed by atoms with Gasteiger partial charge in [-0.3, -0.25) is 4.90 Å². The van der Waals surface area contributed by atoms with E-state index in [4.69, 9.17) is 0 Å². The highest BCUT2D eigenvalue weighted by atomic mass is 32.2. The molecule has 2 heterocycles. The predicted octanol–water partition coefficient (Wildman–Crippen LogP) is 0.617. The van der Waals surface area contributed by atoms with Gasteiger partial charge in [0.2, 0.25) is 0 Å². The Labute approximate surface area is 104 Å². The van der Waals surface area contributed by atoms with Gasteiger partial charge < -0.3 is 5.32 Å². The average Bonchev–Trinajstić information content (AvgIpc) is 2.58. The van der Waals surface area contributed by atoms with Crippen LogP contribution in [0.2, 0.25) is 0 Å². The quantitative estimate of drug-likeness (QED) is 0.806. The Morgan fingerprint density at radius 1 is 1.47 bits per heavy atom. The summed E-state index contributed by atoms with van der Waals surface area (Å²) >= 11 is 0. The molecule has 98 valence electrons. The molecule has 0 saturated carbocycles. The van der Waals surface area contributed by atoms with Gasteiger partial charge >= 0.3 is 0 Å². The lowest BCUT2D eigenvalue weighted by Gasteiger charge is -2.37. The predicted molar refractivity (Wildman–Crippen MR) is 69.5 cm³/mol. The van der Waals surface area contributed by atoms with E-state index in [2.05, 4.69) is 24.1 Å². The minimum Gasteiger partial charge on any atom is -0.311 e. The third kappa shape index (κ3) is 3.53. The third-order valence-electron chi connectivity index (χ3n) is 3.42. The molecule has 4 nitrogen and oxygen atoms in total. The molecule has 0 aromatic rings. The van der Waals surface area contributed by atoms with Crippen LogP contribution in [0.25, 0.3) is 0 Å².